The van der Waals surface area contributed by atoms with Gasteiger partial charge in [-0.25, -0.2) is 0 Å². The van der Waals surface area contributed by atoms with E-state index in [0.717, 1.165) is 0 Å². The third-order valence-corrected chi connectivity index (χ3v) is 3.46. The molecule has 1 atom stereocenters. The number of hydrogen-bond acceptors (Lipinski definition) is 4. The second-order valence-electron chi connectivity index (χ2n) is 4.75. The fourth-order valence-corrected chi connectivity index (χ4v) is 2.39. The van der Waals surface area contributed by atoms with Crippen molar-refractivity contribution in [3.8, 4) is 5.75 Å². The van der Waals surface area contributed by atoms with Crippen molar-refractivity contribution in [1.29, 1.82) is 0 Å². The molecule has 20 heavy (non-hydrogen) atoms. The van der Waals surface area contributed by atoms with Crippen molar-refractivity contribution in [3.05, 3.63) is 28.8 Å². The fraction of sp³-hybridized carbons (Fsp3) is 0.500. The SMILES string of the molecule is COc1cc(Cl)cc(C(=O)N2CCOC[C@H](CO)C2)c1. The molecule has 1 amide bonds. The Morgan fingerprint density at radius 1 is 1.55 bits per heavy atom. The number of nitrogens with zero attached hydrogens (tertiary/aromatic N) is 1. The predicted molar refractivity (Wildman–Crippen MR) is 75.3 cm³/mol. The first-order chi connectivity index (χ1) is 9.63. The molecule has 5 nitrogen and oxygen atoms in total. The van der Waals surface area contributed by atoms with E-state index < -0.39 is 0 Å². The molecule has 1 saturated heterocycles. The van der Waals surface area contributed by atoms with Crippen LogP contribution in [0.2, 0.25) is 5.02 Å². The molecule has 0 saturated carbocycles. The zero-order chi connectivity index (χ0) is 14.5. The van der Waals surface area contributed by atoms with Crippen LogP contribution < -0.4 is 4.74 Å². The van der Waals surface area contributed by atoms with Gasteiger partial charge in [0.05, 0.1) is 20.3 Å². The summed E-state index contributed by atoms with van der Waals surface area (Å²) in [5.41, 5.74) is 0.480. The van der Waals surface area contributed by atoms with Crippen LogP contribution in [0.1, 0.15) is 10.4 Å². The Balaban J connectivity index is 2.18. The zero-order valence-electron chi connectivity index (χ0n) is 11.3. The Morgan fingerprint density at radius 3 is 3.05 bits per heavy atom. The lowest BCUT2D eigenvalue weighted by Crippen LogP contribution is -2.36. The van der Waals surface area contributed by atoms with Crippen LogP contribution in [0.15, 0.2) is 18.2 Å². The molecule has 0 aromatic heterocycles. The second-order valence-corrected chi connectivity index (χ2v) is 5.19. The highest BCUT2D eigenvalue weighted by Gasteiger charge is 2.23. The minimum absolute atomic E-state index is 0.00263. The number of halogens is 1. The van der Waals surface area contributed by atoms with Gasteiger partial charge in [-0.15, -0.1) is 0 Å². The van der Waals surface area contributed by atoms with Crippen molar-refractivity contribution < 1.29 is 19.4 Å². The maximum atomic E-state index is 12.5. The molecule has 110 valence electrons. The van der Waals surface area contributed by atoms with E-state index in [-0.39, 0.29) is 18.4 Å². The minimum Gasteiger partial charge on any atom is -0.497 e. The molecule has 1 fully saturated rings. The van der Waals surface area contributed by atoms with Crippen molar-refractivity contribution >= 4 is 17.5 Å². The number of carbonyl (C=O) groups is 1. The summed E-state index contributed by atoms with van der Waals surface area (Å²) in [6, 6.07) is 4.93. The van der Waals surface area contributed by atoms with Gasteiger partial charge in [0.2, 0.25) is 0 Å². The lowest BCUT2D eigenvalue weighted by Gasteiger charge is -2.23. The summed E-state index contributed by atoms with van der Waals surface area (Å²) < 4.78 is 10.5. The number of ether oxygens (including phenoxy) is 2. The Bertz CT molecular complexity index is 480. The van der Waals surface area contributed by atoms with Crippen LogP contribution >= 0.6 is 11.6 Å². The first-order valence-corrected chi connectivity index (χ1v) is 6.84. The third-order valence-electron chi connectivity index (χ3n) is 3.24. The van der Waals surface area contributed by atoms with Crippen LogP contribution in [-0.4, -0.2) is 55.9 Å². The average molecular weight is 300 g/mol. The van der Waals surface area contributed by atoms with Gasteiger partial charge >= 0.3 is 0 Å². The van der Waals surface area contributed by atoms with Crippen LogP contribution in [0.4, 0.5) is 0 Å². The van der Waals surface area contributed by atoms with E-state index in [9.17, 15) is 9.90 Å². The lowest BCUT2D eigenvalue weighted by atomic mass is 10.1. The van der Waals surface area contributed by atoms with Gasteiger partial charge in [0.15, 0.2) is 0 Å². The van der Waals surface area contributed by atoms with E-state index in [0.29, 0.717) is 42.6 Å². The Labute approximate surface area is 123 Å². The second kappa shape index (κ2) is 6.92. The highest BCUT2D eigenvalue weighted by molar-refractivity contribution is 6.31. The molecule has 1 heterocycles. The maximum Gasteiger partial charge on any atom is 0.254 e. The molecule has 0 aliphatic carbocycles. The highest BCUT2D eigenvalue weighted by atomic mass is 35.5. The normalized spacial score (nSPS) is 19.6. The number of aliphatic hydroxyl groups is 1. The first kappa shape index (κ1) is 15.1. The van der Waals surface area contributed by atoms with Crippen molar-refractivity contribution in [2.45, 2.75) is 0 Å². The molecule has 1 aromatic carbocycles. The lowest BCUT2D eigenvalue weighted by molar-refractivity contribution is 0.0728. The summed E-state index contributed by atoms with van der Waals surface area (Å²) in [5, 5.41) is 9.71. The summed E-state index contributed by atoms with van der Waals surface area (Å²) in [6.45, 7) is 1.93. The molecule has 6 heteroatoms. The van der Waals surface area contributed by atoms with Gasteiger partial charge in [0.25, 0.3) is 5.91 Å². The van der Waals surface area contributed by atoms with E-state index in [1.54, 1.807) is 23.1 Å². The molecule has 1 aromatic rings. The molecular weight excluding hydrogens is 282 g/mol. The number of aliphatic hydroxyl groups excluding tert-OH is 1. The molecule has 1 aliphatic heterocycles. The monoisotopic (exact) mass is 299 g/mol. The number of hydrogen-bond donors (Lipinski definition) is 1. The van der Waals surface area contributed by atoms with Gasteiger partial charge in [0, 0.05) is 36.2 Å². The van der Waals surface area contributed by atoms with Crippen LogP contribution in [0, 0.1) is 5.92 Å². The van der Waals surface area contributed by atoms with Gasteiger partial charge in [-0.1, -0.05) is 11.6 Å². The number of methoxy groups -OCH3 is 1. The van der Waals surface area contributed by atoms with Crippen LogP contribution in [0.5, 0.6) is 5.75 Å². The fourth-order valence-electron chi connectivity index (χ4n) is 2.16. The highest BCUT2D eigenvalue weighted by Crippen LogP contribution is 2.22. The number of amides is 1. The standard InChI is InChI=1S/C14H18ClNO4/c1-19-13-5-11(4-12(15)6-13)14(18)16-2-3-20-9-10(7-16)8-17/h4-6,10,17H,2-3,7-9H2,1H3/t10-/m0/s1. The van der Waals surface area contributed by atoms with Crippen LogP contribution in [-0.2, 0) is 4.74 Å². The van der Waals surface area contributed by atoms with Gasteiger partial charge in [-0.05, 0) is 18.2 Å². The third kappa shape index (κ3) is 3.62. The smallest absolute Gasteiger partial charge is 0.254 e. The van der Waals surface area contributed by atoms with Gasteiger partial charge in [0.1, 0.15) is 5.75 Å². The molecular formula is C14H18ClNO4. The van der Waals surface area contributed by atoms with Gasteiger partial charge < -0.3 is 19.5 Å². The van der Waals surface area contributed by atoms with Gasteiger partial charge in [-0.2, -0.15) is 0 Å². The van der Waals surface area contributed by atoms with E-state index in [4.69, 9.17) is 21.1 Å². The molecule has 1 aliphatic rings. The predicted octanol–water partition coefficient (Wildman–Crippen LogP) is 1.43. The number of benzene rings is 1. The molecule has 2 rings (SSSR count). The van der Waals surface area contributed by atoms with Crippen LogP contribution in [0.3, 0.4) is 0 Å². The molecule has 0 unspecified atom stereocenters. The van der Waals surface area contributed by atoms with E-state index in [1.807, 2.05) is 0 Å². The largest absolute Gasteiger partial charge is 0.497 e. The quantitative estimate of drug-likeness (QED) is 0.917. The topological polar surface area (TPSA) is 59.0 Å². The average Bonchev–Trinajstić information content (AvgIpc) is 2.71. The van der Waals surface area contributed by atoms with Crippen LogP contribution in [0.25, 0.3) is 0 Å². The van der Waals surface area contributed by atoms with Gasteiger partial charge in [-0.3, -0.25) is 4.79 Å². The van der Waals surface area contributed by atoms with E-state index in [1.165, 1.54) is 7.11 Å². The zero-order valence-corrected chi connectivity index (χ0v) is 12.1. The van der Waals surface area contributed by atoms with Crippen molar-refractivity contribution in [2.75, 3.05) is 40.0 Å². The summed E-state index contributed by atoms with van der Waals surface area (Å²) in [6.07, 6.45) is 0. The summed E-state index contributed by atoms with van der Waals surface area (Å²) in [7, 11) is 1.53. The van der Waals surface area contributed by atoms with E-state index >= 15 is 0 Å². The van der Waals surface area contributed by atoms with Crippen molar-refractivity contribution in [1.82, 2.24) is 4.90 Å². The molecule has 0 spiro atoms. The Hall–Kier alpha value is -1.30. The maximum absolute atomic E-state index is 12.5. The van der Waals surface area contributed by atoms with Crippen molar-refractivity contribution in [3.63, 3.8) is 0 Å². The Morgan fingerprint density at radius 2 is 2.35 bits per heavy atom. The Kier molecular flexibility index (Phi) is 5.23. The minimum atomic E-state index is -0.130. The number of carbonyl (C=O) groups excluding carboxylic acids is 1. The summed E-state index contributed by atoms with van der Waals surface area (Å²) in [5.74, 6) is 0.364. The molecule has 0 radical (unpaired) electrons. The summed E-state index contributed by atoms with van der Waals surface area (Å²) in [4.78, 5) is 14.2. The van der Waals surface area contributed by atoms with E-state index in [2.05, 4.69) is 0 Å². The first-order valence-electron chi connectivity index (χ1n) is 6.46. The molecule has 0 bridgehead atoms. The number of rotatable bonds is 3. The van der Waals surface area contributed by atoms with Crippen molar-refractivity contribution in [2.24, 2.45) is 5.92 Å². The summed E-state index contributed by atoms with van der Waals surface area (Å²) >= 11 is 5.98. The molecule has 1 N–H and O–H groups in total.